The van der Waals surface area contributed by atoms with Crippen molar-refractivity contribution in [3.63, 3.8) is 0 Å². The van der Waals surface area contributed by atoms with E-state index in [0.717, 1.165) is 26.1 Å². The van der Waals surface area contributed by atoms with Crippen molar-refractivity contribution < 1.29 is 14.2 Å². The van der Waals surface area contributed by atoms with Gasteiger partial charge in [-0.1, -0.05) is 13.8 Å². The van der Waals surface area contributed by atoms with E-state index in [9.17, 15) is 0 Å². The van der Waals surface area contributed by atoms with Crippen LogP contribution >= 0.6 is 0 Å². The first kappa shape index (κ1) is 14.9. The molecule has 0 saturated heterocycles. The summed E-state index contributed by atoms with van der Waals surface area (Å²) in [6.45, 7) is 11.3. The highest BCUT2D eigenvalue weighted by Gasteiger charge is 2.07. The lowest BCUT2D eigenvalue weighted by atomic mass is 10.1. The summed E-state index contributed by atoms with van der Waals surface area (Å²) in [4.78, 5) is 0. The zero-order valence-electron chi connectivity index (χ0n) is 10.6. The monoisotopic (exact) mass is 218 g/mol. The zero-order valence-corrected chi connectivity index (χ0v) is 10.6. The molecule has 0 N–H and O–H groups in total. The van der Waals surface area contributed by atoms with Crippen LogP contribution in [0.5, 0.6) is 0 Å². The van der Waals surface area contributed by atoms with Crippen molar-refractivity contribution in [1.82, 2.24) is 0 Å². The fraction of sp³-hybridized carbons (Fsp3) is 1.00. The summed E-state index contributed by atoms with van der Waals surface area (Å²) in [6, 6.07) is 0. The Labute approximate surface area is 94.1 Å². The molecule has 0 aromatic carbocycles. The summed E-state index contributed by atoms with van der Waals surface area (Å²) in [5.41, 5.74) is 0. The smallest absolute Gasteiger partial charge is 0.159 e. The Kier molecular flexibility index (Phi) is 10.3. The van der Waals surface area contributed by atoms with Crippen LogP contribution in [-0.2, 0) is 14.2 Å². The summed E-state index contributed by atoms with van der Waals surface area (Å²) in [7, 11) is 0. The lowest BCUT2D eigenvalue weighted by Crippen LogP contribution is -2.19. The fourth-order valence-electron chi connectivity index (χ4n) is 1.19. The van der Waals surface area contributed by atoms with Gasteiger partial charge in [-0.25, -0.2) is 0 Å². The molecule has 0 aliphatic heterocycles. The summed E-state index contributed by atoms with van der Waals surface area (Å²) < 4.78 is 16.3. The minimum Gasteiger partial charge on any atom is -0.381 e. The van der Waals surface area contributed by atoms with Crippen molar-refractivity contribution in [2.75, 3.05) is 26.4 Å². The molecule has 3 nitrogen and oxygen atoms in total. The van der Waals surface area contributed by atoms with Gasteiger partial charge in [-0.2, -0.15) is 0 Å². The van der Waals surface area contributed by atoms with Gasteiger partial charge in [-0.05, 0) is 26.2 Å². The third-order valence-electron chi connectivity index (χ3n) is 2.04. The molecule has 0 bridgehead atoms. The second-order valence-electron chi connectivity index (χ2n) is 3.92. The van der Waals surface area contributed by atoms with Gasteiger partial charge < -0.3 is 14.2 Å². The van der Waals surface area contributed by atoms with E-state index in [1.807, 2.05) is 13.8 Å². The third kappa shape index (κ3) is 10.2. The number of rotatable bonds is 10. The van der Waals surface area contributed by atoms with Crippen molar-refractivity contribution >= 4 is 0 Å². The van der Waals surface area contributed by atoms with Crippen molar-refractivity contribution in [2.45, 2.75) is 46.8 Å². The van der Waals surface area contributed by atoms with E-state index in [-0.39, 0.29) is 6.29 Å². The Bertz CT molecular complexity index is 120. The molecule has 0 amide bonds. The molecule has 0 heterocycles. The lowest BCUT2D eigenvalue weighted by Gasteiger charge is -2.16. The Morgan fingerprint density at radius 3 is 1.87 bits per heavy atom. The van der Waals surface area contributed by atoms with Gasteiger partial charge in [0, 0.05) is 26.2 Å². The largest absolute Gasteiger partial charge is 0.381 e. The molecule has 0 rings (SSSR count). The maximum atomic E-state index is 5.51. The van der Waals surface area contributed by atoms with Crippen LogP contribution in [0.3, 0.4) is 0 Å². The molecule has 0 radical (unpaired) electrons. The van der Waals surface area contributed by atoms with Crippen LogP contribution in [0.15, 0.2) is 0 Å². The van der Waals surface area contributed by atoms with Crippen LogP contribution in [-0.4, -0.2) is 32.7 Å². The van der Waals surface area contributed by atoms with E-state index in [1.54, 1.807) is 0 Å². The first-order valence-electron chi connectivity index (χ1n) is 6.01. The lowest BCUT2D eigenvalue weighted by molar-refractivity contribution is -0.146. The Morgan fingerprint density at radius 2 is 1.40 bits per heavy atom. The molecule has 0 aliphatic carbocycles. The molecule has 3 heteroatoms. The van der Waals surface area contributed by atoms with Gasteiger partial charge in [0.25, 0.3) is 0 Å². The predicted octanol–water partition coefficient (Wildman–Crippen LogP) is 2.84. The van der Waals surface area contributed by atoms with Gasteiger partial charge >= 0.3 is 0 Å². The highest BCUT2D eigenvalue weighted by atomic mass is 16.7. The van der Waals surface area contributed by atoms with E-state index in [2.05, 4.69) is 13.8 Å². The molecule has 0 aromatic rings. The predicted molar refractivity (Wildman–Crippen MR) is 61.9 cm³/mol. The van der Waals surface area contributed by atoms with E-state index in [4.69, 9.17) is 14.2 Å². The van der Waals surface area contributed by atoms with Gasteiger partial charge in [-0.3, -0.25) is 0 Å². The normalized spacial score (nSPS) is 11.6. The van der Waals surface area contributed by atoms with E-state index < -0.39 is 0 Å². The summed E-state index contributed by atoms with van der Waals surface area (Å²) in [6.07, 6.45) is 1.84. The molecule has 0 fully saturated rings. The molecule has 0 aliphatic rings. The average Bonchev–Trinajstić information content (AvgIpc) is 2.17. The van der Waals surface area contributed by atoms with Crippen LogP contribution < -0.4 is 0 Å². The standard InChI is InChI=1S/C12H26O3/c1-5-14-12(15-6-2)8-10-13-9-7-11(3)4/h11-12H,5-10H2,1-4H3. The second kappa shape index (κ2) is 10.4. The van der Waals surface area contributed by atoms with Crippen molar-refractivity contribution in [3.05, 3.63) is 0 Å². The van der Waals surface area contributed by atoms with Gasteiger partial charge in [0.05, 0.1) is 6.61 Å². The SMILES string of the molecule is CCOC(CCOCCC(C)C)OCC. The van der Waals surface area contributed by atoms with Crippen LogP contribution in [0.1, 0.15) is 40.5 Å². The first-order valence-corrected chi connectivity index (χ1v) is 6.01. The maximum absolute atomic E-state index is 5.51. The van der Waals surface area contributed by atoms with Gasteiger partial charge in [-0.15, -0.1) is 0 Å². The number of hydrogen-bond acceptors (Lipinski definition) is 3. The first-order chi connectivity index (χ1) is 7.20. The Hall–Kier alpha value is -0.120. The minimum atomic E-state index is -0.0981. The Morgan fingerprint density at radius 1 is 0.867 bits per heavy atom. The third-order valence-corrected chi connectivity index (χ3v) is 2.04. The molecule has 15 heavy (non-hydrogen) atoms. The highest BCUT2D eigenvalue weighted by molar-refractivity contribution is 4.46. The molecule has 0 saturated carbocycles. The molecule has 92 valence electrons. The average molecular weight is 218 g/mol. The molecular weight excluding hydrogens is 192 g/mol. The number of hydrogen-bond donors (Lipinski definition) is 0. The summed E-state index contributed by atoms with van der Waals surface area (Å²) in [5.74, 6) is 0.708. The van der Waals surface area contributed by atoms with Crippen LogP contribution in [0.2, 0.25) is 0 Å². The topological polar surface area (TPSA) is 27.7 Å². The van der Waals surface area contributed by atoms with E-state index in [1.165, 1.54) is 0 Å². The molecule has 0 unspecified atom stereocenters. The maximum Gasteiger partial charge on any atom is 0.159 e. The fourth-order valence-corrected chi connectivity index (χ4v) is 1.19. The van der Waals surface area contributed by atoms with Crippen molar-refractivity contribution in [3.8, 4) is 0 Å². The van der Waals surface area contributed by atoms with Crippen LogP contribution in [0.25, 0.3) is 0 Å². The molecule has 0 aromatic heterocycles. The summed E-state index contributed by atoms with van der Waals surface area (Å²) in [5, 5.41) is 0. The summed E-state index contributed by atoms with van der Waals surface area (Å²) >= 11 is 0. The van der Waals surface area contributed by atoms with E-state index in [0.29, 0.717) is 19.1 Å². The van der Waals surface area contributed by atoms with E-state index >= 15 is 0 Å². The number of ether oxygens (including phenoxy) is 3. The molecule has 0 spiro atoms. The highest BCUT2D eigenvalue weighted by Crippen LogP contribution is 2.03. The minimum absolute atomic E-state index is 0.0981. The van der Waals surface area contributed by atoms with Gasteiger partial charge in [0.15, 0.2) is 6.29 Å². The van der Waals surface area contributed by atoms with Crippen LogP contribution in [0, 0.1) is 5.92 Å². The van der Waals surface area contributed by atoms with Crippen molar-refractivity contribution in [1.29, 1.82) is 0 Å². The molecular formula is C12H26O3. The van der Waals surface area contributed by atoms with Gasteiger partial charge in [0.2, 0.25) is 0 Å². The zero-order chi connectivity index (χ0) is 11.5. The van der Waals surface area contributed by atoms with Crippen LogP contribution in [0.4, 0.5) is 0 Å². The quantitative estimate of drug-likeness (QED) is 0.417. The second-order valence-corrected chi connectivity index (χ2v) is 3.92. The van der Waals surface area contributed by atoms with Gasteiger partial charge in [0.1, 0.15) is 0 Å². The molecule has 0 atom stereocenters. The Balaban J connectivity index is 3.36. The van der Waals surface area contributed by atoms with Crippen molar-refractivity contribution in [2.24, 2.45) is 5.92 Å².